The third kappa shape index (κ3) is 41.1. The summed E-state index contributed by atoms with van der Waals surface area (Å²) in [6.45, 7) is 6.25. The number of hydrogen-bond donors (Lipinski definition) is 3. The third-order valence-electron chi connectivity index (χ3n) is 9.85. The van der Waals surface area contributed by atoms with E-state index in [-0.39, 0.29) is 31.3 Å². The second-order valence-electron chi connectivity index (χ2n) is 15.4. The molecule has 3 N–H and O–H groups in total. The maximum atomic E-state index is 13.1. The van der Waals surface area contributed by atoms with Crippen molar-refractivity contribution in [3.8, 4) is 0 Å². The quantitative estimate of drug-likeness (QED) is 0.0325. The normalized spacial score (nSPS) is 14.3. The number of amides is 1. The van der Waals surface area contributed by atoms with Crippen LogP contribution in [0.25, 0.3) is 0 Å². The summed E-state index contributed by atoms with van der Waals surface area (Å²) in [5.41, 5.74) is 0. The second-order valence-corrected chi connectivity index (χ2v) is 15.4. The van der Waals surface area contributed by atoms with Gasteiger partial charge in [0.05, 0.1) is 25.2 Å². The SMILES string of the molecule is CC/C=C/C/C=C/C/C=C/C/C=C/C/C=C/CCC(=O)OC(C/C=C\C/C=C\C/C=C\C/C=C\CCCCC)CC(=O)NC(CO)C(O)CCCCCCCCCCC. The van der Waals surface area contributed by atoms with Crippen LogP contribution in [0.15, 0.2) is 109 Å². The smallest absolute Gasteiger partial charge is 0.306 e. The van der Waals surface area contributed by atoms with Crippen molar-refractivity contribution in [3.63, 3.8) is 0 Å². The number of aliphatic hydroxyl groups excluding tert-OH is 2. The molecule has 59 heavy (non-hydrogen) atoms. The molecule has 0 aliphatic heterocycles. The predicted octanol–water partition coefficient (Wildman–Crippen LogP) is 13.9. The number of esters is 1. The molecule has 334 valence electrons. The van der Waals surface area contributed by atoms with Gasteiger partial charge in [0.25, 0.3) is 0 Å². The van der Waals surface area contributed by atoms with Crippen LogP contribution >= 0.6 is 0 Å². The highest BCUT2D eigenvalue weighted by Crippen LogP contribution is 2.14. The number of allylic oxidation sites excluding steroid dienone is 17. The number of hydrogen-bond acceptors (Lipinski definition) is 5. The molecule has 6 heteroatoms. The first-order valence-electron chi connectivity index (χ1n) is 23.6. The molecule has 0 aliphatic carbocycles. The average Bonchev–Trinajstić information content (AvgIpc) is 3.23. The number of nitrogens with one attached hydrogen (secondary N) is 1. The van der Waals surface area contributed by atoms with Gasteiger partial charge in [0, 0.05) is 12.8 Å². The molecule has 0 aromatic carbocycles. The molecular weight excluding hydrogens is 731 g/mol. The summed E-state index contributed by atoms with van der Waals surface area (Å²) in [7, 11) is 0. The summed E-state index contributed by atoms with van der Waals surface area (Å²) in [5.74, 6) is -0.690. The van der Waals surface area contributed by atoms with Gasteiger partial charge < -0.3 is 20.3 Å². The van der Waals surface area contributed by atoms with Gasteiger partial charge in [-0.25, -0.2) is 0 Å². The van der Waals surface area contributed by atoms with Gasteiger partial charge in [-0.05, 0) is 77.0 Å². The molecule has 0 aliphatic rings. The van der Waals surface area contributed by atoms with Crippen LogP contribution in [-0.2, 0) is 14.3 Å². The Kier molecular flexibility index (Phi) is 42.9. The third-order valence-corrected chi connectivity index (χ3v) is 9.85. The molecule has 6 nitrogen and oxygen atoms in total. The van der Waals surface area contributed by atoms with Crippen LogP contribution in [0.3, 0.4) is 0 Å². The van der Waals surface area contributed by atoms with Crippen LogP contribution in [0.4, 0.5) is 0 Å². The zero-order valence-corrected chi connectivity index (χ0v) is 37.8. The van der Waals surface area contributed by atoms with E-state index in [4.69, 9.17) is 4.74 Å². The van der Waals surface area contributed by atoms with Crippen LogP contribution in [0.5, 0.6) is 0 Å². The molecule has 0 heterocycles. The van der Waals surface area contributed by atoms with Gasteiger partial charge >= 0.3 is 5.97 Å². The number of carbonyl (C=O) groups is 2. The first kappa shape index (κ1) is 55.5. The highest BCUT2D eigenvalue weighted by atomic mass is 16.5. The van der Waals surface area contributed by atoms with Gasteiger partial charge in [-0.3, -0.25) is 9.59 Å². The van der Waals surface area contributed by atoms with Gasteiger partial charge in [0.2, 0.25) is 5.91 Å². The highest BCUT2D eigenvalue weighted by Gasteiger charge is 2.23. The van der Waals surface area contributed by atoms with Crippen LogP contribution in [0.1, 0.15) is 188 Å². The van der Waals surface area contributed by atoms with Gasteiger partial charge in [0.15, 0.2) is 0 Å². The maximum Gasteiger partial charge on any atom is 0.306 e. The van der Waals surface area contributed by atoms with E-state index >= 15 is 0 Å². The molecule has 3 unspecified atom stereocenters. The number of aliphatic hydroxyl groups is 2. The molecule has 0 fully saturated rings. The van der Waals surface area contributed by atoms with E-state index in [9.17, 15) is 19.8 Å². The van der Waals surface area contributed by atoms with Crippen molar-refractivity contribution in [2.24, 2.45) is 0 Å². The Morgan fingerprint density at radius 3 is 1.44 bits per heavy atom. The van der Waals surface area contributed by atoms with Crippen molar-refractivity contribution in [2.45, 2.75) is 206 Å². The molecule has 0 aromatic heterocycles. The summed E-state index contributed by atoms with van der Waals surface area (Å²) < 4.78 is 5.80. The number of carbonyl (C=O) groups excluding carboxylic acids is 2. The zero-order valence-electron chi connectivity index (χ0n) is 37.8. The molecular formula is C53H87NO5. The Balaban J connectivity index is 4.89. The molecule has 0 rings (SSSR count). The topological polar surface area (TPSA) is 95.9 Å². The van der Waals surface area contributed by atoms with Crippen molar-refractivity contribution in [3.05, 3.63) is 109 Å². The van der Waals surface area contributed by atoms with E-state index in [0.717, 1.165) is 77.0 Å². The Morgan fingerprint density at radius 1 is 0.525 bits per heavy atom. The summed E-state index contributed by atoms with van der Waals surface area (Å²) in [5, 5.41) is 23.5. The van der Waals surface area contributed by atoms with E-state index < -0.39 is 18.2 Å². The lowest BCUT2D eigenvalue weighted by Crippen LogP contribution is -2.46. The van der Waals surface area contributed by atoms with Crippen molar-refractivity contribution in [1.82, 2.24) is 5.32 Å². The summed E-state index contributed by atoms with van der Waals surface area (Å²) in [6.07, 6.45) is 61.7. The molecule has 1 amide bonds. The van der Waals surface area contributed by atoms with Crippen molar-refractivity contribution in [2.75, 3.05) is 6.61 Å². The molecule has 0 radical (unpaired) electrons. The van der Waals surface area contributed by atoms with Gasteiger partial charge in [-0.15, -0.1) is 0 Å². The largest absolute Gasteiger partial charge is 0.461 e. The Bertz CT molecular complexity index is 1240. The Labute approximate surface area is 362 Å². The molecule has 0 saturated carbocycles. The number of unbranched alkanes of at least 4 members (excludes halogenated alkanes) is 11. The van der Waals surface area contributed by atoms with Gasteiger partial charge in [-0.1, -0.05) is 201 Å². The van der Waals surface area contributed by atoms with Crippen molar-refractivity contribution >= 4 is 11.9 Å². The molecule has 0 spiro atoms. The lowest BCUT2D eigenvalue weighted by atomic mass is 10.0. The molecule has 0 saturated heterocycles. The number of rotatable bonds is 40. The van der Waals surface area contributed by atoms with Crippen molar-refractivity contribution in [1.29, 1.82) is 0 Å². The van der Waals surface area contributed by atoms with E-state index in [1.165, 1.54) is 57.8 Å². The fraction of sp³-hybridized carbons (Fsp3) is 0.623. The molecule has 0 aromatic rings. The number of ether oxygens (including phenoxy) is 1. The summed E-state index contributed by atoms with van der Waals surface area (Å²) in [4.78, 5) is 26.0. The van der Waals surface area contributed by atoms with E-state index in [2.05, 4.69) is 117 Å². The minimum Gasteiger partial charge on any atom is -0.461 e. The summed E-state index contributed by atoms with van der Waals surface area (Å²) >= 11 is 0. The predicted molar refractivity (Wildman–Crippen MR) is 254 cm³/mol. The van der Waals surface area contributed by atoms with Crippen LogP contribution in [0, 0.1) is 0 Å². The molecule has 3 atom stereocenters. The Morgan fingerprint density at radius 2 is 0.949 bits per heavy atom. The van der Waals surface area contributed by atoms with Crippen LogP contribution < -0.4 is 5.32 Å². The van der Waals surface area contributed by atoms with Gasteiger partial charge in [0.1, 0.15) is 6.10 Å². The molecule has 0 bridgehead atoms. The fourth-order valence-corrected chi connectivity index (χ4v) is 6.28. The maximum absolute atomic E-state index is 13.1. The Hall–Kier alpha value is -3.48. The van der Waals surface area contributed by atoms with E-state index in [1.54, 1.807) is 0 Å². The monoisotopic (exact) mass is 818 g/mol. The zero-order chi connectivity index (χ0) is 43.1. The first-order chi connectivity index (χ1) is 29.0. The lowest BCUT2D eigenvalue weighted by Gasteiger charge is -2.24. The standard InChI is InChI=1S/C53H87NO5/c1-4-7-10-13-16-19-21-23-25-27-29-31-34-37-40-43-46-53(58)59-49(44-41-38-35-33-30-28-26-24-22-20-17-14-11-8-5-2)47-52(57)54-50(48-55)51(56)45-42-39-36-32-18-15-12-9-6-3/h7,10,16-17,19-20,23-26,29-31,33,37-38,40-41,49-51,55-56H,4-6,8-9,11-15,18,21-22,27-28,32,34-36,39,42-48H2,1-3H3,(H,54,57)/b10-7+,19-16+,20-17-,25-23+,26-24-,31-29+,33-30-,40-37+,41-38-. The summed E-state index contributed by atoms with van der Waals surface area (Å²) in [6, 6.07) is -0.750. The fourth-order valence-electron chi connectivity index (χ4n) is 6.28. The minimum absolute atomic E-state index is 0.0350. The average molecular weight is 818 g/mol. The van der Waals surface area contributed by atoms with E-state index in [0.29, 0.717) is 19.3 Å². The highest BCUT2D eigenvalue weighted by molar-refractivity contribution is 5.77. The van der Waals surface area contributed by atoms with Crippen molar-refractivity contribution < 1.29 is 24.5 Å². The minimum atomic E-state index is -0.827. The van der Waals surface area contributed by atoms with Crippen LogP contribution in [-0.4, -0.2) is 46.9 Å². The van der Waals surface area contributed by atoms with Gasteiger partial charge in [-0.2, -0.15) is 0 Å². The van der Waals surface area contributed by atoms with E-state index in [1.807, 2.05) is 18.2 Å². The second kappa shape index (κ2) is 45.6. The first-order valence-corrected chi connectivity index (χ1v) is 23.6. The lowest BCUT2D eigenvalue weighted by molar-refractivity contribution is -0.150. The van der Waals surface area contributed by atoms with Crippen LogP contribution in [0.2, 0.25) is 0 Å².